The minimum absolute atomic E-state index is 0.194. The van der Waals surface area contributed by atoms with Crippen molar-refractivity contribution in [3.8, 4) is 11.5 Å². The second kappa shape index (κ2) is 12.5. The van der Waals surface area contributed by atoms with Crippen LogP contribution in [0.5, 0.6) is 11.5 Å². The van der Waals surface area contributed by atoms with Crippen LogP contribution in [0.2, 0.25) is 0 Å². The molecule has 3 aromatic carbocycles. The third kappa shape index (κ3) is 5.64. The fourth-order valence-electron chi connectivity index (χ4n) is 4.68. The van der Waals surface area contributed by atoms with Crippen LogP contribution in [0.15, 0.2) is 91.5 Å². The number of hydrogen-bond donors (Lipinski definition) is 0. The van der Waals surface area contributed by atoms with Gasteiger partial charge in [-0.25, -0.2) is 9.79 Å². The fourth-order valence-corrected chi connectivity index (χ4v) is 6.60. The number of benzene rings is 3. The van der Waals surface area contributed by atoms with E-state index in [9.17, 15) is 9.59 Å². The van der Waals surface area contributed by atoms with E-state index in [1.54, 1.807) is 49.6 Å². The van der Waals surface area contributed by atoms with Crippen LogP contribution < -0.4 is 24.4 Å². The number of thiazole rings is 1. The van der Waals surface area contributed by atoms with Gasteiger partial charge in [-0.05, 0) is 58.9 Å². The van der Waals surface area contributed by atoms with Gasteiger partial charge in [-0.15, -0.1) is 11.8 Å². The number of thioether (sulfide) groups is 1. The Kier molecular flexibility index (Phi) is 8.82. The van der Waals surface area contributed by atoms with E-state index in [4.69, 9.17) is 19.2 Å². The Morgan fingerprint density at radius 3 is 2.41 bits per heavy atom. The Bertz CT molecular complexity index is 1810. The minimum Gasteiger partial charge on any atom is -0.496 e. The second-order valence-corrected chi connectivity index (χ2v) is 11.7. The van der Waals surface area contributed by atoms with Gasteiger partial charge in [0.25, 0.3) is 5.56 Å². The highest BCUT2D eigenvalue weighted by Gasteiger charge is 2.35. The van der Waals surface area contributed by atoms with E-state index in [0.29, 0.717) is 37.7 Å². The highest BCUT2D eigenvalue weighted by molar-refractivity contribution is 9.10. The largest absolute Gasteiger partial charge is 0.496 e. The second-order valence-electron chi connectivity index (χ2n) is 8.93. The van der Waals surface area contributed by atoms with Gasteiger partial charge in [-0.3, -0.25) is 9.36 Å². The molecule has 0 unspecified atom stereocenters. The lowest BCUT2D eigenvalue weighted by Crippen LogP contribution is -2.40. The summed E-state index contributed by atoms with van der Waals surface area (Å²) in [5, 5.41) is 0. The van der Waals surface area contributed by atoms with E-state index in [-0.39, 0.29) is 12.2 Å². The molecule has 4 aromatic rings. The first-order valence-electron chi connectivity index (χ1n) is 12.7. The van der Waals surface area contributed by atoms with E-state index in [0.717, 1.165) is 20.5 Å². The first-order valence-corrected chi connectivity index (χ1v) is 15.6. The molecule has 0 N–H and O–H groups in total. The Labute approximate surface area is 253 Å². The number of carbonyl (C=O) groups is 1. The van der Waals surface area contributed by atoms with Crippen LogP contribution in [-0.2, 0) is 9.53 Å². The van der Waals surface area contributed by atoms with Gasteiger partial charge in [-0.2, -0.15) is 0 Å². The van der Waals surface area contributed by atoms with Crippen LogP contribution in [0.4, 0.5) is 0 Å². The lowest BCUT2D eigenvalue weighted by molar-refractivity contribution is -0.138. The number of halogens is 1. The third-order valence-electron chi connectivity index (χ3n) is 6.60. The zero-order chi connectivity index (χ0) is 29.1. The maximum Gasteiger partial charge on any atom is 0.338 e. The van der Waals surface area contributed by atoms with Crippen molar-refractivity contribution in [2.45, 2.75) is 17.9 Å². The number of ether oxygens (including phenoxy) is 3. The fraction of sp³-hybridized carbons (Fsp3) is 0.194. The van der Waals surface area contributed by atoms with E-state index < -0.39 is 12.0 Å². The number of nitrogens with zero attached hydrogens (tertiary/aromatic N) is 2. The van der Waals surface area contributed by atoms with E-state index in [1.807, 2.05) is 66.9 Å². The molecule has 10 heteroatoms. The van der Waals surface area contributed by atoms with Crippen molar-refractivity contribution in [2.75, 3.05) is 27.1 Å². The summed E-state index contributed by atoms with van der Waals surface area (Å²) in [6.45, 7) is 1.96. The molecule has 5 rings (SSSR count). The topological polar surface area (TPSA) is 79.1 Å². The van der Waals surface area contributed by atoms with Crippen molar-refractivity contribution in [1.82, 2.24) is 4.57 Å². The van der Waals surface area contributed by atoms with Crippen LogP contribution in [0, 0.1) is 0 Å². The van der Waals surface area contributed by atoms with Crippen LogP contribution >= 0.6 is 39.0 Å². The molecule has 0 fully saturated rings. The molecule has 0 amide bonds. The van der Waals surface area contributed by atoms with Crippen molar-refractivity contribution in [3.63, 3.8) is 0 Å². The monoisotopic (exact) mass is 650 g/mol. The van der Waals surface area contributed by atoms with Gasteiger partial charge in [-0.1, -0.05) is 53.8 Å². The Hall–Kier alpha value is -3.60. The third-order valence-corrected chi connectivity index (χ3v) is 8.94. The van der Waals surface area contributed by atoms with Crippen molar-refractivity contribution in [1.29, 1.82) is 0 Å². The van der Waals surface area contributed by atoms with Crippen molar-refractivity contribution in [2.24, 2.45) is 4.99 Å². The SMILES string of the molecule is CCOC(=O)C1=C(c2ccccc2)N=c2s/c(=C\c3cc(Br)c(OC)cc3OC)c(=O)n2[C@H]1c1ccc(SC)cc1. The molecule has 0 aliphatic carbocycles. The Morgan fingerprint density at radius 2 is 1.78 bits per heavy atom. The number of rotatable bonds is 8. The molecule has 210 valence electrons. The first-order chi connectivity index (χ1) is 19.9. The lowest BCUT2D eigenvalue weighted by atomic mass is 9.93. The van der Waals surface area contributed by atoms with E-state index in [2.05, 4.69) is 15.9 Å². The Morgan fingerprint density at radius 1 is 1.07 bits per heavy atom. The van der Waals surface area contributed by atoms with Crippen molar-refractivity contribution in [3.05, 3.63) is 113 Å². The van der Waals surface area contributed by atoms with E-state index in [1.165, 1.54) is 11.3 Å². The number of hydrogen-bond acceptors (Lipinski definition) is 8. The van der Waals surface area contributed by atoms with Gasteiger partial charge in [0.2, 0.25) is 0 Å². The molecule has 7 nitrogen and oxygen atoms in total. The predicted octanol–water partition coefficient (Wildman–Crippen LogP) is 5.44. The van der Waals surface area contributed by atoms with Gasteiger partial charge >= 0.3 is 5.97 Å². The molecule has 1 atom stereocenters. The van der Waals surface area contributed by atoms with Crippen molar-refractivity contribution < 1.29 is 19.0 Å². The molecule has 1 aliphatic heterocycles. The number of esters is 1. The van der Waals surface area contributed by atoms with Crippen LogP contribution in [0.1, 0.15) is 29.7 Å². The minimum atomic E-state index is -0.733. The van der Waals surface area contributed by atoms with Crippen molar-refractivity contribution >= 4 is 56.8 Å². The van der Waals surface area contributed by atoms with Gasteiger partial charge in [0.05, 0.1) is 47.1 Å². The highest BCUT2D eigenvalue weighted by Crippen LogP contribution is 2.36. The summed E-state index contributed by atoms with van der Waals surface area (Å²) in [5.41, 5.74) is 2.78. The maximum atomic E-state index is 14.1. The smallest absolute Gasteiger partial charge is 0.338 e. The molecule has 0 bridgehead atoms. The molecule has 1 aliphatic rings. The van der Waals surface area contributed by atoms with Crippen LogP contribution in [0.3, 0.4) is 0 Å². The quantitative estimate of drug-likeness (QED) is 0.187. The summed E-state index contributed by atoms with van der Waals surface area (Å²) < 4.78 is 19.3. The normalized spacial score (nSPS) is 14.9. The molecule has 41 heavy (non-hydrogen) atoms. The Balaban J connectivity index is 1.82. The molecular formula is C31H27BrN2O5S2. The number of methoxy groups -OCH3 is 2. The standard InChI is InChI=1S/C31H27BrN2O5S2/c1-5-39-30(36)26-27(18-9-7-6-8-10-18)33-31-34(28(26)19-11-13-21(40-4)14-12-19)29(35)25(41-31)16-20-15-22(32)24(38-3)17-23(20)37-2/h6-17,28H,5H2,1-4H3/b25-16-/t28-/m0/s1. The summed E-state index contributed by atoms with van der Waals surface area (Å²) in [7, 11) is 3.14. The summed E-state index contributed by atoms with van der Waals surface area (Å²) in [4.78, 5) is 34.2. The first kappa shape index (κ1) is 28.9. The summed E-state index contributed by atoms with van der Waals surface area (Å²) >= 11 is 6.40. The van der Waals surface area contributed by atoms with Crippen LogP contribution in [-0.4, -0.2) is 37.6 Å². The number of carbonyl (C=O) groups excluding carboxylic acids is 1. The highest BCUT2D eigenvalue weighted by atomic mass is 79.9. The zero-order valence-corrected chi connectivity index (χ0v) is 26.1. The molecular weight excluding hydrogens is 624 g/mol. The zero-order valence-electron chi connectivity index (χ0n) is 22.8. The molecule has 0 saturated carbocycles. The summed E-state index contributed by atoms with van der Waals surface area (Å²) in [6.07, 6.45) is 3.78. The lowest BCUT2D eigenvalue weighted by Gasteiger charge is -2.26. The maximum absolute atomic E-state index is 14.1. The number of fused-ring (bicyclic) bond motifs is 1. The van der Waals surface area contributed by atoms with Gasteiger partial charge < -0.3 is 14.2 Å². The molecule has 0 spiro atoms. The average molecular weight is 652 g/mol. The molecule has 0 radical (unpaired) electrons. The van der Waals surface area contributed by atoms with E-state index >= 15 is 0 Å². The van der Waals surface area contributed by atoms with Gasteiger partial charge in [0, 0.05) is 22.1 Å². The average Bonchev–Trinajstić information content (AvgIpc) is 3.31. The summed E-state index contributed by atoms with van der Waals surface area (Å²) in [6, 6.07) is 20.2. The van der Waals surface area contributed by atoms with Gasteiger partial charge in [0.1, 0.15) is 11.5 Å². The molecule has 2 heterocycles. The summed E-state index contributed by atoms with van der Waals surface area (Å²) in [5.74, 6) is 0.655. The van der Waals surface area contributed by atoms with Gasteiger partial charge in [0.15, 0.2) is 4.80 Å². The van der Waals surface area contributed by atoms with Crippen LogP contribution in [0.25, 0.3) is 11.8 Å². The molecule has 1 aromatic heterocycles. The predicted molar refractivity (Wildman–Crippen MR) is 167 cm³/mol. The molecule has 0 saturated heterocycles. The number of aromatic nitrogens is 1.